The van der Waals surface area contributed by atoms with Crippen LogP contribution >= 0.6 is 11.3 Å². The number of benzene rings is 1. The van der Waals surface area contributed by atoms with Gasteiger partial charge in [-0.15, -0.1) is 11.3 Å². The van der Waals surface area contributed by atoms with Gasteiger partial charge in [0.1, 0.15) is 6.04 Å². The molecule has 3 N–H and O–H groups in total. The van der Waals surface area contributed by atoms with Crippen molar-refractivity contribution >= 4 is 40.4 Å². The van der Waals surface area contributed by atoms with E-state index in [0.717, 1.165) is 0 Å². The number of aromatic nitrogens is 1. The summed E-state index contributed by atoms with van der Waals surface area (Å²) in [6, 6.07) is 13.0. The molecule has 8 heteroatoms. The van der Waals surface area contributed by atoms with Crippen LogP contribution in [0.2, 0.25) is 0 Å². The first-order chi connectivity index (χ1) is 14.4. The van der Waals surface area contributed by atoms with E-state index in [-0.39, 0.29) is 23.6 Å². The highest BCUT2D eigenvalue weighted by Gasteiger charge is 2.25. The Bertz CT molecular complexity index is 1020. The topological polar surface area (TPSA) is 100 Å². The zero-order valence-electron chi connectivity index (χ0n) is 16.6. The van der Waals surface area contributed by atoms with Gasteiger partial charge in [-0.05, 0) is 47.7 Å². The van der Waals surface area contributed by atoms with E-state index in [1.165, 1.54) is 17.5 Å². The second-order valence-corrected chi connectivity index (χ2v) is 7.89. The molecule has 3 amide bonds. The Balaban J connectivity index is 1.67. The largest absolute Gasteiger partial charge is 0.339 e. The molecule has 154 valence electrons. The predicted molar refractivity (Wildman–Crippen MR) is 118 cm³/mol. The number of thiophene rings is 1. The SMILES string of the molecule is CC(C)C(NC(=O)c1cccs1)C(=O)Nc1cccc(NC(=O)c2cccnc2)c1. The molecule has 0 saturated heterocycles. The molecule has 0 aliphatic heterocycles. The van der Waals surface area contributed by atoms with Crippen LogP contribution in [0.1, 0.15) is 33.9 Å². The Morgan fingerprint density at radius 2 is 1.70 bits per heavy atom. The molecule has 0 bridgehead atoms. The molecular formula is C22H22N4O3S. The molecular weight excluding hydrogens is 400 g/mol. The van der Waals surface area contributed by atoms with Gasteiger partial charge in [-0.25, -0.2) is 0 Å². The molecule has 2 aromatic heterocycles. The fourth-order valence-electron chi connectivity index (χ4n) is 2.75. The third kappa shape index (κ3) is 5.51. The number of hydrogen-bond acceptors (Lipinski definition) is 5. The maximum absolute atomic E-state index is 12.8. The highest BCUT2D eigenvalue weighted by atomic mass is 32.1. The van der Waals surface area contributed by atoms with Crippen molar-refractivity contribution < 1.29 is 14.4 Å². The number of nitrogens with zero attached hydrogens (tertiary/aromatic N) is 1. The number of hydrogen-bond donors (Lipinski definition) is 3. The summed E-state index contributed by atoms with van der Waals surface area (Å²) in [5, 5.41) is 10.2. The summed E-state index contributed by atoms with van der Waals surface area (Å²) in [4.78, 5) is 41.9. The monoisotopic (exact) mass is 422 g/mol. The first kappa shape index (κ1) is 21.2. The van der Waals surface area contributed by atoms with Gasteiger partial charge < -0.3 is 16.0 Å². The summed E-state index contributed by atoms with van der Waals surface area (Å²) < 4.78 is 0. The van der Waals surface area contributed by atoms with Gasteiger partial charge in [0.25, 0.3) is 11.8 Å². The van der Waals surface area contributed by atoms with E-state index in [9.17, 15) is 14.4 Å². The summed E-state index contributed by atoms with van der Waals surface area (Å²) in [6.07, 6.45) is 3.07. The van der Waals surface area contributed by atoms with Gasteiger partial charge in [0.15, 0.2) is 0 Å². The van der Waals surface area contributed by atoms with Gasteiger partial charge in [0.2, 0.25) is 5.91 Å². The molecule has 0 saturated carbocycles. The summed E-state index contributed by atoms with van der Waals surface area (Å²) in [6.45, 7) is 3.73. The van der Waals surface area contributed by atoms with Crippen LogP contribution in [0.4, 0.5) is 11.4 Å². The Kier molecular flexibility index (Phi) is 6.92. The minimum absolute atomic E-state index is 0.109. The first-order valence-corrected chi connectivity index (χ1v) is 10.3. The van der Waals surface area contributed by atoms with E-state index in [2.05, 4.69) is 20.9 Å². The standard InChI is InChI=1S/C22H22N4O3S/c1-14(2)19(26-21(28)18-9-5-11-30-18)22(29)25-17-8-3-7-16(12-17)24-20(27)15-6-4-10-23-13-15/h3-14,19H,1-2H3,(H,24,27)(H,25,29)(H,26,28). The van der Waals surface area contributed by atoms with Crippen LogP contribution in [-0.4, -0.2) is 28.7 Å². The lowest BCUT2D eigenvalue weighted by Gasteiger charge is -2.21. The average molecular weight is 423 g/mol. The molecule has 1 atom stereocenters. The summed E-state index contributed by atoms with van der Waals surface area (Å²) >= 11 is 1.32. The van der Waals surface area contributed by atoms with Crippen LogP contribution in [-0.2, 0) is 4.79 Å². The average Bonchev–Trinajstić information content (AvgIpc) is 3.27. The van der Waals surface area contributed by atoms with Crippen LogP contribution in [0, 0.1) is 5.92 Å². The molecule has 3 aromatic rings. The van der Waals surface area contributed by atoms with Crippen molar-refractivity contribution in [2.24, 2.45) is 5.92 Å². The Hall–Kier alpha value is -3.52. The van der Waals surface area contributed by atoms with E-state index in [1.54, 1.807) is 54.7 Å². The molecule has 7 nitrogen and oxygen atoms in total. The van der Waals surface area contributed by atoms with Gasteiger partial charge in [-0.1, -0.05) is 26.0 Å². The highest BCUT2D eigenvalue weighted by molar-refractivity contribution is 7.12. The molecule has 2 heterocycles. The van der Waals surface area contributed by atoms with Crippen LogP contribution in [0.25, 0.3) is 0 Å². The fraction of sp³-hybridized carbons (Fsp3) is 0.182. The van der Waals surface area contributed by atoms with Crippen molar-refractivity contribution in [1.29, 1.82) is 0 Å². The molecule has 1 unspecified atom stereocenters. The summed E-state index contributed by atoms with van der Waals surface area (Å²) in [5.41, 5.74) is 1.48. The van der Waals surface area contributed by atoms with Crippen molar-refractivity contribution in [1.82, 2.24) is 10.3 Å². The van der Waals surface area contributed by atoms with Crippen molar-refractivity contribution in [3.63, 3.8) is 0 Å². The van der Waals surface area contributed by atoms with Crippen molar-refractivity contribution in [2.75, 3.05) is 10.6 Å². The van der Waals surface area contributed by atoms with E-state index < -0.39 is 6.04 Å². The Morgan fingerprint density at radius 1 is 0.933 bits per heavy atom. The minimum atomic E-state index is -0.701. The number of pyridine rings is 1. The Labute approximate surface area is 178 Å². The molecule has 0 spiro atoms. The highest BCUT2D eigenvalue weighted by Crippen LogP contribution is 2.18. The van der Waals surface area contributed by atoms with Crippen LogP contribution < -0.4 is 16.0 Å². The van der Waals surface area contributed by atoms with Gasteiger partial charge in [-0.2, -0.15) is 0 Å². The van der Waals surface area contributed by atoms with E-state index in [4.69, 9.17) is 0 Å². The second-order valence-electron chi connectivity index (χ2n) is 6.94. The summed E-state index contributed by atoms with van der Waals surface area (Å²) in [7, 11) is 0. The van der Waals surface area contributed by atoms with E-state index >= 15 is 0 Å². The third-order valence-corrected chi connectivity index (χ3v) is 5.16. The van der Waals surface area contributed by atoms with Crippen molar-refractivity contribution in [3.05, 3.63) is 76.7 Å². The van der Waals surface area contributed by atoms with Crippen molar-refractivity contribution in [3.8, 4) is 0 Å². The zero-order chi connectivity index (χ0) is 21.5. The molecule has 0 radical (unpaired) electrons. The number of nitrogens with one attached hydrogen (secondary N) is 3. The smallest absolute Gasteiger partial charge is 0.262 e. The maximum Gasteiger partial charge on any atom is 0.262 e. The number of rotatable bonds is 7. The van der Waals surface area contributed by atoms with Crippen molar-refractivity contribution in [2.45, 2.75) is 19.9 Å². The lowest BCUT2D eigenvalue weighted by atomic mass is 10.0. The molecule has 1 aromatic carbocycles. The Morgan fingerprint density at radius 3 is 2.33 bits per heavy atom. The van der Waals surface area contributed by atoms with Gasteiger partial charge in [-0.3, -0.25) is 19.4 Å². The summed E-state index contributed by atoms with van der Waals surface area (Å²) in [5.74, 6) is -1.01. The molecule has 0 aliphatic rings. The second kappa shape index (κ2) is 9.80. The lowest BCUT2D eigenvalue weighted by Crippen LogP contribution is -2.46. The van der Waals surface area contributed by atoms with Gasteiger partial charge in [0, 0.05) is 23.8 Å². The van der Waals surface area contributed by atoms with Crippen LogP contribution in [0.3, 0.4) is 0 Å². The minimum Gasteiger partial charge on any atom is -0.339 e. The van der Waals surface area contributed by atoms with Gasteiger partial charge in [0.05, 0.1) is 10.4 Å². The number of anilines is 2. The molecule has 0 aliphatic carbocycles. The third-order valence-electron chi connectivity index (χ3n) is 4.29. The first-order valence-electron chi connectivity index (χ1n) is 9.40. The number of carbonyl (C=O) groups excluding carboxylic acids is 3. The lowest BCUT2D eigenvalue weighted by molar-refractivity contribution is -0.118. The number of carbonyl (C=O) groups is 3. The van der Waals surface area contributed by atoms with Crippen LogP contribution in [0.15, 0.2) is 66.3 Å². The number of amides is 3. The normalized spacial score (nSPS) is 11.6. The molecule has 0 fully saturated rings. The van der Waals surface area contributed by atoms with Crippen LogP contribution in [0.5, 0.6) is 0 Å². The molecule has 3 rings (SSSR count). The zero-order valence-corrected chi connectivity index (χ0v) is 17.4. The van der Waals surface area contributed by atoms with E-state index in [1.807, 2.05) is 19.2 Å². The van der Waals surface area contributed by atoms with E-state index in [0.29, 0.717) is 21.8 Å². The maximum atomic E-state index is 12.8. The predicted octanol–water partition coefficient (Wildman–Crippen LogP) is 3.79. The molecule has 30 heavy (non-hydrogen) atoms. The fourth-order valence-corrected chi connectivity index (χ4v) is 3.38. The van der Waals surface area contributed by atoms with Gasteiger partial charge >= 0.3 is 0 Å². The quantitative estimate of drug-likeness (QED) is 0.539.